The van der Waals surface area contributed by atoms with Gasteiger partial charge in [-0.3, -0.25) is 14.7 Å². The van der Waals surface area contributed by atoms with E-state index in [1.54, 1.807) is 0 Å². The number of carbonyl (C=O) groups is 1. The molecule has 1 saturated heterocycles. The number of amides is 1. The number of benzene rings is 1. The number of hydrogen-bond donors (Lipinski definition) is 0. The quantitative estimate of drug-likeness (QED) is 0.447. The third kappa shape index (κ3) is 5.09. The molecule has 0 N–H and O–H groups in total. The maximum absolute atomic E-state index is 15.5. The van der Waals surface area contributed by atoms with E-state index in [9.17, 15) is 18.0 Å². The van der Waals surface area contributed by atoms with Crippen LogP contribution in [0.25, 0.3) is 11.5 Å². The van der Waals surface area contributed by atoms with Crippen LogP contribution in [0.2, 0.25) is 0 Å². The summed E-state index contributed by atoms with van der Waals surface area (Å²) in [5.41, 5.74) is -1.21. The highest BCUT2D eigenvalue weighted by molar-refractivity contribution is 6.00. The standard InChI is InChI=1S/C23H23F4N5O2/c1-14(2)10-31-12-23(27,13-31)22(33)32(18-5-3-4-16(24)8-18)11-17-7-6-15(9-28-17)20-29-30-21(34-20)19(25)26/h3-9,14,19H,10-13H2,1-2H3. The van der Waals surface area contributed by atoms with E-state index in [0.717, 1.165) is 6.07 Å². The van der Waals surface area contributed by atoms with Crippen LogP contribution in [0, 0.1) is 11.7 Å². The third-order valence-electron chi connectivity index (χ3n) is 5.34. The molecule has 34 heavy (non-hydrogen) atoms. The van der Waals surface area contributed by atoms with Gasteiger partial charge in [0.25, 0.3) is 11.8 Å². The van der Waals surface area contributed by atoms with Gasteiger partial charge in [0.05, 0.1) is 17.8 Å². The van der Waals surface area contributed by atoms with Crippen LogP contribution in [0.3, 0.4) is 0 Å². The fourth-order valence-electron chi connectivity index (χ4n) is 3.86. The Hall–Kier alpha value is -3.34. The van der Waals surface area contributed by atoms with E-state index in [4.69, 9.17) is 4.42 Å². The van der Waals surface area contributed by atoms with Gasteiger partial charge in [0.1, 0.15) is 5.82 Å². The van der Waals surface area contributed by atoms with Crippen LogP contribution >= 0.6 is 0 Å². The Morgan fingerprint density at radius 3 is 2.56 bits per heavy atom. The van der Waals surface area contributed by atoms with Crippen LogP contribution < -0.4 is 4.90 Å². The van der Waals surface area contributed by atoms with Crippen molar-refractivity contribution in [3.63, 3.8) is 0 Å². The summed E-state index contributed by atoms with van der Waals surface area (Å²) in [7, 11) is 0. The monoisotopic (exact) mass is 477 g/mol. The topological polar surface area (TPSA) is 75.4 Å². The molecule has 1 aliphatic rings. The zero-order valence-electron chi connectivity index (χ0n) is 18.6. The third-order valence-corrected chi connectivity index (χ3v) is 5.34. The fourth-order valence-corrected chi connectivity index (χ4v) is 3.86. The number of nitrogens with zero attached hydrogens (tertiary/aromatic N) is 5. The van der Waals surface area contributed by atoms with Crippen LogP contribution in [0.5, 0.6) is 0 Å². The van der Waals surface area contributed by atoms with E-state index in [2.05, 4.69) is 15.2 Å². The van der Waals surface area contributed by atoms with Gasteiger partial charge in [-0.2, -0.15) is 8.78 Å². The summed E-state index contributed by atoms with van der Waals surface area (Å²) in [5.74, 6) is -1.94. The molecule has 11 heteroatoms. The van der Waals surface area contributed by atoms with Crippen LogP contribution in [0.1, 0.15) is 31.9 Å². The number of pyridine rings is 1. The Kier molecular flexibility index (Phi) is 6.65. The Bertz CT molecular complexity index is 1150. The van der Waals surface area contributed by atoms with Crippen molar-refractivity contribution in [1.29, 1.82) is 0 Å². The Labute approximate surface area is 193 Å². The smallest absolute Gasteiger partial charge is 0.314 e. The summed E-state index contributed by atoms with van der Waals surface area (Å²) in [5, 5.41) is 6.84. The Balaban J connectivity index is 1.55. The van der Waals surface area contributed by atoms with Crippen LogP contribution in [-0.4, -0.2) is 51.3 Å². The molecule has 3 aromatic rings. The first-order chi connectivity index (χ1) is 16.1. The molecule has 1 amide bonds. The van der Waals surface area contributed by atoms with E-state index in [1.165, 1.54) is 41.4 Å². The number of carbonyl (C=O) groups excluding carboxylic acids is 1. The van der Waals surface area contributed by atoms with Gasteiger partial charge in [0.2, 0.25) is 11.6 Å². The molecule has 1 aliphatic heterocycles. The van der Waals surface area contributed by atoms with Crippen molar-refractivity contribution in [1.82, 2.24) is 20.1 Å². The highest BCUT2D eigenvalue weighted by atomic mass is 19.3. The summed E-state index contributed by atoms with van der Waals surface area (Å²) >= 11 is 0. The molecule has 0 aliphatic carbocycles. The number of alkyl halides is 3. The van der Waals surface area contributed by atoms with Crippen LogP contribution in [0.15, 0.2) is 47.0 Å². The predicted octanol–water partition coefficient (Wildman–Crippen LogP) is 4.42. The van der Waals surface area contributed by atoms with Crippen LogP contribution in [-0.2, 0) is 11.3 Å². The highest BCUT2D eigenvalue weighted by Crippen LogP contribution is 2.32. The Morgan fingerprint density at radius 1 is 1.21 bits per heavy atom. The summed E-state index contributed by atoms with van der Waals surface area (Å²) in [4.78, 5) is 20.5. The van der Waals surface area contributed by atoms with E-state index in [-0.39, 0.29) is 31.2 Å². The molecule has 0 unspecified atom stereocenters. The second-order valence-corrected chi connectivity index (χ2v) is 8.68. The lowest BCUT2D eigenvalue weighted by atomic mass is 9.93. The van der Waals surface area contributed by atoms with Crippen molar-refractivity contribution in [2.75, 3.05) is 24.5 Å². The molecule has 0 saturated carbocycles. The maximum atomic E-state index is 15.5. The van der Waals surface area contributed by atoms with Gasteiger partial charge in [-0.15, -0.1) is 10.2 Å². The van der Waals surface area contributed by atoms with Gasteiger partial charge >= 0.3 is 6.43 Å². The molecule has 0 spiro atoms. The summed E-state index contributed by atoms with van der Waals surface area (Å²) in [6, 6.07) is 8.39. The van der Waals surface area contributed by atoms with Gasteiger partial charge < -0.3 is 9.32 Å². The molecular weight excluding hydrogens is 454 g/mol. The van der Waals surface area contributed by atoms with Gasteiger partial charge in [0.15, 0.2) is 0 Å². The lowest BCUT2D eigenvalue weighted by molar-refractivity contribution is -0.142. The number of rotatable bonds is 8. The molecule has 2 aromatic heterocycles. The SMILES string of the molecule is CC(C)CN1CC(F)(C(=O)N(Cc2ccc(-c3nnc(C(F)F)o3)cn2)c2cccc(F)c2)C1. The molecule has 0 bridgehead atoms. The first-order valence-corrected chi connectivity index (χ1v) is 10.7. The normalized spacial score (nSPS) is 15.5. The average molecular weight is 477 g/mol. The highest BCUT2D eigenvalue weighted by Gasteiger charge is 2.52. The molecule has 3 heterocycles. The molecule has 7 nitrogen and oxygen atoms in total. The number of anilines is 1. The van der Waals surface area contributed by atoms with Crippen molar-refractivity contribution in [2.45, 2.75) is 32.5 Å². The average Bonchev–Trinajstić information content (AvgIpc) is 3.26. The second kappa shape index (κ2) is 9.49. The zero-order valence-corrected chi connectivity index (χ0v) is 18.6. The minimum atomic E-state index is -2.89. The minimum Gasteiger partial charge on any atom is -0.415 e. The van der Waals surface area contributed by atoms with Crippen molar-refractivity contribution in [3.05, 3.63) is 60.0 Å². The largest absolute Gasteiger partial charge is 0.415 e. The van der Waals surface area contributed by atoms with Gasteiger partial charge in [-0.1, -0.05) is 19.9 Å². The van der Waals surface area contributed by atoms with E-state index < -0.39 is 29.7 Å². The first kappa shape index (κ1) is 23.8. The van der Waals surface area contributed by atoms with E-state index >= 15 is 4.39 Å². The molecule has 0 radical (unpaired) electrons. The number of likely N-dealkylation sites (tertiary alicyclic amines) is 1. The van der Waals surface area contributed by atoms with Gasteiger partial charge in [-0.25, -0.2) is 8.78 Å². The van der Waals surface area contributed by atoms with Crippen molar-refractivity contribution < 1.29 is 26.8 Å². The van der Waals surface area contributed by atoms with Gasteiger partial charge in [-0.05, 0) is 36.2 Å². The predicted molar refractivity (Wildman–Crippen MR) is 115 cm³/mol. The summed E-state index contributed by atoms with van der Waals surface area (Å²) in [6.07, 6.45) is -1.57. The molecular formula is C23H23F4N5O2. The molecule has 0 atom stereocenters. The van der Waals surface area contributed by atoms with Crippen molar-refractivity contribution in [3.8, 4) is 11.5 Å². The van der Waals surface area contributed by atoms with Crippen molar-refractivity contribution >= 4 is 11.6 Å². The summed E-state index contributed by atoms with van der Waals surface area (Å²) in [6.45, 7) is 4.50. The lowest BCUT2D eigenvalue weighted by Crippen LogP contribution is -2.67. The zero-order chi connectivity index (χ0) is 24.5. The van der Waals surface area contributed by atoms with Crippen molar-refractivity contribution in [2.24, 2.45) is 5.92 Å². The first-order valence-electron chi connectivity index (χ1n) is 10.7. The van der Waals surface area contributed by atoms with Crippen LogP contribution in [0.4, 0.5) is 23.2 Å². The molecule has 1 fully saturated rings. The molecule has 4 rings (SSSR count). The number of aromatic nitrogens is 3. The summed E-state index contributed by atoms with van der Waals surface area (Å²) < 4.78 is 59.6. The fraction of sp³-hybridized carbons (Fsp3) is 0.391. The van der Waals surface area contributed by atoms with E-state index in [1.807, 2.05) is 18.7 Å². The number of halogens is 4. The Morgan fingerprint density at radius 2 is 1.97 bits per heavy atom. The second-order valence-electron chi connectivity index (χ2n) is 8.68. The van der Waals surface area contributed by atoms with Gasteiger partial charge in [0, 0.05) is 31.5 Å². The molecule has 1 aromatic carbocycles. The lowest BCUT2D eigenvalue weighted by Gasteiger charge is -2.45. The van der Waals surface area contributed by atoms with E-state index in [0.29, 0.717) is 23.7 Å². The number of hydrogen-bond acceptors (Lipinski definition) is 6. The maximum Gasteiger partial charge on any atom is 0.314 e. The molecule has 180 valence electrons. The minimum absolute atomic E-state index is 0.0359.